The molecule has 0 amide bonds. The highest BCUT2D eigenvalue weighted by Crippen LogP contribution is 2.32. The van der Waals surface area contributed by atoms with Crippen LogP contribution in [0.1, 0.15) is 17.2 Å². The first-order chi connectivity index (χ1) is 9.90. The fourth-order valence-electron chi connectivity index (χ4n) is 1.77. The molecule has 3 nitrogen and oxygen atoms in total. The Kier molecular flexibility index (Phi) is 4.50. The molecule has 1 atom stereocenters. The SMILES string of the molecule is NCC(O)c1ccc(Oc2cccc(C(F)(F)F)c2)cc1. The molecule has 112 valence electrons. The van der Waals surface area contributed by atoms with Gasteiger partial charge in [0.15, 0.2) is 0 Å². The molecule has 0 aromatic heterocycles. The average molecular weight is 297 g/mol. The Balaban J connectivity index is 2.15. The van der Waals surface area contributed by atoms with Crippen LogP contribution in [0.3, 0.4) is 0 Å². The third kappa shape index (κ3) is 3.96. The molecule has 2 aromatic carbocycles. The third-order valence-electron chi connectivity index (χ3n) is 2.89. The molecule has 0 aliphatic rings. The van der Waals surface area contributed by atoms with Gasteiger partial charge in [0.1, 0.15) is 11.5 Å². The van der Waals surface area contributed by atoms with Crippen LogP contribution in [0.5, 0.6) is 11.5 Å². The lowest BCUT2D eigenvalue weighted by Gasteiger charge is -2.11. The summed E-state index contributed by atoms with van der Waals surface area (Å²) < 4.78 is 43.1. The summed E-state index contributed by atoms with van der Waals surface area (Å²) in [5.74, 6) is 0.472. The molecular weight excluding hydrogens is 283 g/mol. The van der Waals surface area contributed by atoms with Gasteiger partial charge in [-0.2, -0.15) is 13.2 Å². The first-order valence-corrected chi connectivity index (χ1v) is 6.23. The Bertz CT molecular complexity index is 597. The lowest BCUT2D eigenvalue weighted by atomic mass is 10.1. The van der Waals surface area contributed by atoms with Crippen molar-refractivity contribution >= 4 is 0 Å². The van der Waals surface area contributed by atoms with Gasteiger partial charge in [-0.15, -0.1) is 0 Å². The number of aliphatic hydroxyl groups is 1. The van der Waals surface area contributed by atoms with Crippen molar-refractivity contribution in [1.29, 1.82) is 0 Å². The molecule has 0 saturated carbocycles. The lowest BCUT2D eigenvalue weighted by Crippen LogP contribution is -2.11. The highest BCUT2D eigenvalue weighted by Gasteiger charge is 2.30. The summed E-state index contributed by atoms with van der Waals surface area (Å²) in [5.41, 5.74) is 5.19. The number of hydrogen-bond donors (Lipinski definition) is 2. The van der Waals surface area contributed by atoms with E-state index in [1.54, 1.807) is 24.3 Å². The van der Waals surface area contributed by atoms with Crippen molar-refractivity contribution < 1.29 is 23.0 Å². The van der Waals surface area contributed by atoms with Crippen LogP contribution in [-0.2, 0) is 6.18 Å². The molecule has 2 aromatic rings. The van der Waals surface area contributed by atoms with E-state index in [1.165, 1.54) is 12.1 Å². The van der Waals surface area contributed by atoms with Gasteiger partial charge in [0.25, 0.3) is 0 Å². The van der Waals surface area contributed by atoms with Crippen molar-refractivity contribution in [1.82, 2.24) is 0 Å². The van der Waals surface area contributed by atoms with Gasteiger partial charge in [0.05, 0.1) is 11.7 Å². The predicted octanol–water partition coefficient (Wildman–Crippen LogP) is 3.49. The van der Waals surface area contributed by atoms with Gasteiger partial charge >= 0.3 is 6.18 Å². The molecule has 0 aliphatic heterocycles. The third-order valence-corrected chi connectivity index (χ3v) is 2.89. The summed E-state index contributed by atoms with van der Waals surface area (Å²) in [7, 11) is 0. The van der Waals surface area contributed by atoms with Crippen molar-refractivity contribution in [3.8, 4) is 11.5 Å². The summed E-state index contributed by atoms with van der Waals surface area (Å²) in [4.78, 5) is 0. The maximum atomic E-state index is 12.6. The van der Waals surface area contributed by atoms with Crippen LogP contribution in [0.4, 0.5) is 13.2 Å². The van der Waals surface area contributed by atoms with Crippen LogP contribution in [0.2, 0.25) is 0 Å². The van der Waals surface area contributed by atoms with Crippen LogP contribution in [-0.4, -0.2) is 11.7 Å². The van der Waals surface area contributed by atoms with Crippen LogP contribution >= 0.6 is 0 Å². The Labute approximate surface area is 119 Å². The van der Waals surface area contributed by atoms with Gasteiger partial charge in [-0.3, -0.25) is 0 Å². The number of nitrogens with two attached hydrogens (primary N) is 1. The second-order valence-corrected chi connectivity index (χ2v) is 4.45. The molecule has 2 rings (SSSR count). The molecule has 0 aliphatic carbocycles. The lowest BCUT2D eigenvalue weighted by molar-refractivity contribution is -0.137. The second kappa shape index (κ2) is 6.15. The zero-order chi connectivity index (χ0) is 15.5. The fourth-order valence-corrected chi connectivity index (χ4v) is 1.77. The zero-order valence-corrected chi connectivity index (χ0v) is 11.0. The van der Waals surface area contributed by atoms with Crippen molar-refractivity contribution in [2.45, 2.75) is 12.3 Å². The molecule has 3 N–H and O–H groups in total. The molecule has 0 heterocycles. The van der Waals surface area contributed by atoms with Crippen molar-refractivity contribution in [2.75, 3.05) is 6.54 Å². The Morgan fingerprint density at radius 2 is 1.71 bits per heavy atom. The summed E-state index contributed by atoms with van der Waals surface area (Å²) in [6.45, 7) is 0.0911. The quantitative estimate of drug-likeness (QED) is 0.908. The molecule has 6 heteroatoms. The molecule has 0 saturated heterocycles. The minimum Gasteiger partial charge on any atom is -0.457 e. The molecule has 0 bridgehead atoms. The maximum absolute atomic E-state index is 12.6. The molecular formula is C15H14F3NO2. The smallest absolute Gasteiger partial charge is 0.416 e. The Morgan fingerprint density at radius 1 is 1.05 bits per heavy atom. The van der Waals surface area contributed by atoms with E-state index < -0.39 is 17.8 Å². The monoisotopic (exact) mass is 297 g/mol. The fraction of sp³-hybridized carbons (Fsp3) is 0.200. The normalized spacial score (nSPS) is 13.0. The van der Waals surface area contributed by atoms with Gasteiger partial charge in [-0.05, 0) is 35.9 Å². The van der Waals surface area contributed by atoms with E-state index in [9.17, 15) is 18.3 Å². The highest BCUT2D eigenvalue weighted by molar-refractivity contribution is 5.36. The van der Waals surface area contributed by atoms with Gasteiger partial charge in [-0.25, -0.2) is 0 Å². The van der Waals surface area contributed by atoms with Crippen LogP contribution in [0.25, 0.3) is 0 Å². The number of ether oxygens (including phenoxy) is 1. The van der Waals surface area contributed by atoms with Gasteiger partial charge in [-0.1, -0.05) is 18.2 Å². The largest absolute Gasteiger partial charge is 0.457 e. The maximum Gasteiger partial charge on any atom is 0.416 e. The van der Waals surface area contributed by atoms with Gasteiger partial charge in [0, 0.05) is 6.54 Å². The molecule has 0 spiro atoms. The van der Waals surface area contributed by atoms with E-state index in [0.29, 0.717) is 11.3 Å². The van der Waals surface area contributed by atoms with Crippen LogP contribution < -0.4 is 10.5 Å². The molecule has 21 heavy (non-hydrogen) atoms. The Morgan fingerprint density at radius 3 is 2.29 bits per heavy atom. The van der Waals surface area contributed by atoms with E-state index in [2.05, 4.69) is 0 Å². The van der Waals surface area contributed by atoms with Crippen LogP contribution in [0, 0.1) is 0 Å². The second-order valence-electron chi connectivity index (χ2n) is 4.45. The van der Waals surface area contributed by atoms with E-state index in [0.717, 1.165) is 12.1 Å². The number of rotatable bonds is 4. The van der Waals surface area contributed by atoms with Crippen molar-refractivity contribution in [3.05, 3.63) is 59.7 Å². The van der Waals surface area contributed by atoms with E-state index in [1.807, 2.05) is 0 Å². The number of hydrogen-bond acceptors (Lipinski definition) is 3. The van der Waals surface area contributed by atoms with Crippen molar-refractivity contribution in [2.24, 2.45) is 5.73 Å². The van der Waals surface area contributed by atoms with E-state index in [-0.39, 0.29) is 12.3 Å². The number of alkyl halides is 3. The standard InChI is InChI=1S/C15H14F3NO2/c16-15(17,18)11-2-1-3-13(8-11)21-12-6-4-10(5-7-12)14(20)9-19/h1-8,14,20H,9,19H2. The number of benzene rings is 2. The number of aliphatic hydroxyl groups excluding tert-OH is 1. The minimum absolute atomic E-state index is 0.0911. The van der Waals surface area contributed by atoms with E-state index >= 15 is 0 Å². The highest BCUT2D eigenvalue weighted by atomic mass is 19.4. The number of halogens is 3. The summed E-state index contributed by atoms with van der Waals surface area (Å²) in [6, 6.07) is 11.0. The average Bonchev–Trinajstić information content (AvgIpc) is 2.47. The predicted molar refractivity (Wildman–Crippen MR) is 72.0 cm³/mol. The van der Waals surface area contributed by atoms with Gasteiger partial charge in [0.2, 0.25) is 0 Å². The first-order valence-electron chi connectivity index (χ1n) is 6.23. The first kappa shape index (κ1) is 15.3. The Hall–Kier alpha value is -2.05. The minimum atomic E-state index is -4.41. The molecule has 0 radical (unpaired) electrons. The summed E-state index contributed by atoms with van der Waals surface area (Å²) in [6.07, 6.45) is -5.18. The topological polar surface area (TPSA) is 55.5 Å². The molecule has 1 unspecified atom stereocenters. The molecule has 0 fully saturated rings. The van der Waals surface area contributed by atoms with Crippen LogP contribution in [0.15, 0.2) is 48.5 Å². The zero-order valence-electron chi connectivity index (χ0n) is 11.0. The van der Waals surface area contributed by atoms with E-state index in [4.69, 9.17) is 10.5 Å². The summed E-state index contributed by atoms with van der Waals surface area (Å²) >= 11 is 0. The summed E-state index contributed by atoms with van der Waals surface area (Å²) in [5, 5.41) is 9.54. The van der Waals surface area contributed by atoms with Crippen molar-refractivity contribution in [3.63, 3.8) is 0 Å². The van der Waals surface area contributed by atoms with Gasteiger partial charge < -0.3 is 15.6 Å².